The lowest BCUT2D eigenvalue weighted by molar-refractivity contribution is 0.0556. The van der Waals surface area contributed by atoms with Crippen LogP contribution < -0.4 is 0 Å². The van der Waals surface area contributed by atoms with Crippen molar-refractivity contribution in [2.24, 2.45) is 0 Å². The van der Waals surface area contributed by atoms with Crippen molar-refractivity contribution in [1.82, 2.24) is 19.9 Å². The molecule has 1 amide bonds. The number of aromatic nitrogens is 2. The second-order valence-corrected chi connectivity index (χ2v) is 7.97. The Hall–Kier alpha value is -1.73. The first-order valence-electron chi connectivity index (χ1n) is 8.55. The van der Waals surface area contributed by atoms with E-state index in [2.05, 4.69) is 22.0 Å². The minimum Gasteiger partial charge on any atom is -0.338 e. The zero-order valence-corrected chi connectivity index (χ0v) is 14.9. The van der Waals surface area contributed by atoms with E-state index in [1.165, 1.54) is 17.7 Å². The van der Waals surface area contributed by atoms with Gasteiger partial charge >= 0.3 is 0 Å². The predicted molar refractivity (Wildman–Crippen MR) is 91.2 cm³/mol. The predicted octanol–water partition coefficient (Wildman–Crippen LogP) is 2.84. The molecule has 24 heavy (non-hydrogen) atoms. The molecule has 7 heteroatoms. The lowest BCUT2D eigenvalue weighted by atomic mass is 10.2. The minimum atomic E-state index is 0.103. The number of hydrogen-bond acceptors (Lipinski definition) is 6. The first-order chi connectivity index (χ1) is 11.6. The summed E-state index contributed by atoms with van der Waals surface area (Å²) in [6.45, 7) is 7.27. The minimum absolute atomic E-state index is 0.103. The zero-order valence-electron chi connectivity index (χ0n) is 14.1. The van der Waals surface area contributed by atoms with Gasteiger partial charge in [0.25, 0.3) is 5.91 Å². The number of carbonyl (C=O) groups is 1. The van der Waals surface area contributed by atoms with Crippen LogP contribution in [-0.2, 0) is 0 Å². The van der Waals surface area contributed by atoms with Gasteiger partial charge < -0.3 is 9.42 Å². The van der Waals surface area contributed by atoms with E-state index in [0.717, 1.165) is 36.9 Å². The Bertz CT molecular complexity index is 729. The lowest BCUT2D eigenvalue weighted by Gasteiger charge is -2.36. The number of thiophene rings is 1. The molecule has 2 aromatic rings. The van der Waals surface area contributed by atoms with Gasteiger partial charge in [0, 0.05) is 37.0 Å². The Kier molecular flexibility index (Phi) is 4.14. The molecule has 1 saturated heterocycles. The Morgan fingerprint density at radius 2 is 2.04 bits per heavy atom. The molecule has 0 unspecified atom stereocenters. The second kappa shape index (κ2) is 6.29. The molecule has 0 N–H and O–H groups in total. The molecule has 128 valence electrons. The average molecular weight is 346 g/mol. The van der Waals surface area contributed by atoms with Gasteiger partial charge in [0.2, 0.25) is 5.89 Å². The highest BCUT2D eigenvalue weighted by Gasteiger charge is 2.32. The van der Waals surface area contributed by atoms with Crippen molar-refractivity contribution < 1.29 is 9.32 Å². The maximum absolute atomic E-state index is 12.5. The number of piperazine rings is 1. The number of rotatable bonds is 4. The van der Waals surface area contributed by atoms with E-state index in [4.69, 9.17) is 4.52 Å². The fourth-order valence-electron chi connectivity index (χ4n) is 3.10. The van der Waals surface area contributed by atoms with Crippen molar-refractivity contribution >= 4 is 17.2 Å². The molecule has 1 saturated carbocycles. The first-order valence-corrected chi connectivity index (χ1v) is 9.36. The smallest absolute Gasteiger partial charge is 0.264 e. The highest BCUT2D eigenvalue weighted by atomic mass is 32.1. The van der Waals surface area contributed by atoms with E-state index >= 15 is 0 Å². The standard InChI is InChI=1S/C17H22N4O2S/c1-11-3-6-14(24-11)17(22)21-9-7-20(8-10-21)12(2)16-18-15(19-23-16)13-4-5-13/h3,6,12-13H,4-5,7-10H2,1-2H3/t12-/m0/s1. The molecule has 2 aromatic heterocycles. The van der Waals surface area contributed by atoms with E-state index in [0.29, 0.717) is 11.8 Å². The van der Waals surface area contributed by atoms with Crippen LogP contribution in [0.4, 0.5) is 0 Å². The highest BCUT2D eigenvalue weighted by Crippen LogP contribution is 2.38. The fourth-order valence-corrected chi connectivity index (χ4v) is 3.93. The lowest BCUT2D eigenvalue weighted by Crippen LogP contribution is -2.49. The molecule has 1 aliphatic carbocycles. The van der Waals surface area contributed by atoms with Crippen LogP contribution in [0.5, 0.6) is 0 Å². The fraction of sp³-hybridized carbons (Fsp3) is 0.588. The summed E-state index contributed by atoms with van der Waals surface area (Å²) in [6.07, 6.45) is 2.35. The average Bonchev–Trinajstić information content (AvgIpc) is 3.17. The number of nitrogens with zero attached hydrogens (tertiary/aromatic N) is 4. The van der Waals surface area contributed by atoms with Gasteiger partial charge in [0.05, 0.1) is 10.9 Å². The van der Waals surface area contributed by atoms with Crippen LogP contribution in [0.25, 0.3) is 0 Å². The molecule has 0 radical (unpaired) electrons. The van der Waals surface area contributed by atoms with Crippen molar-refractivity contribution in [2.45, 2.75) is 38.6 Å². The van der Waals surface area contributed by atoms with Crippen LogP contribution in [0.1, 0.15) is 58.0 Å². The van der Waals surface area contributed by atoms with Crippen molar-refractivity contribution in [2.75, 3.05) is 26.2 Å². The summed E-state index contributed by atoms with van der Waals surface area (Å²) in [5, 5.41) is 4.10. The molecule has 0 bridgehead atoms. The van der Waals surface area contributed by atoms with Crippen LogP contribution in [-0.4, -0.2) is 52.0 Å². The third-order valence-corrected chi connectivity index (χ3v) is 5.85. The maximum Gasteiger partial charge on any atom is 0.264 e. The molecule has 1 atom stereocenters. The number of aryl methyl sites for hydroxylation is 1. The maximum atomic E-state index is 12.5. The Labute approximate surface area is 145 Å². The third-order valence-electron chi connectivity index (χ3n) is 4.86. The van der Waals surface area contributed by atoms with Crippen LogP contribution in [0, 0.1) is 6.92 Å². The largest absolute Gasteiger partial charge is 0.338 e. The van der Waals surface area contributed by atoms with Crippen molar-refractivity contribution in [3.63, 3.8) is 0 Å². The Balaban J connectivity index is 1.35. The van der Waals surface area contributed by atoms with Gasteiger partial charge in [-0.25, -0.2) is 0 Å². The number of carbonyl (C=O) groups excluding carboxylic acids is 1. The summed E-state index contributed by atoms with van der Waals surface area (Å²) in [7, 11) is 0. The number of amides is 1. The normalized spacial score (nSPS) is 20.3. The summed E-state index contributed by atoms with van der Waals surface area (Å²) in [5.74, 6) is 2.22. The van der Waals surface area contributed by atoms with Gasteiger partial charge in [-0.1, -0.05) is 5.16 Å². The molecular weight excluding hydrogens is 324 g/mol. The number of hydrogen-bond donors (Lipinski definition) is 0. The molecule has 0 aromatic carbocycles. The van der Waals surface area contributed by atoms with Crippen molar-refractivity contribution in [3.05, 3.63) is 33.6 Å². The Morgan fingerprint density at radius 1 is 1.29 bits per heavy atom. The summed E-state index contributed by atoms with van der Waals surface area (Å²) < 4.78 is 5.45. The van der Waals surface area contributed by atoms with E-state index in [9.17, 15) is 4.79 Å². The van der Waals surface area contributed by atoms with Gasteiger partial charge in [0.1, 0.15) is 0 Å². The SMILES string of the molecule is Cc1ccc(C(=O)N2CCN([C@@H](C)c3nc(C4CC4)no3)CC2)s1. The molecule has 0 spiro atoms. The van der Waals surface area contributed by atoms with Crippen molar-refractivity contribution in [3.8, 4) is 0 Å². The van der Waals surface area contributed by atoms with Gasteiger partial charge in [-0.15, -0.1) is 11.3 Å². The summed E-state index contributed by atoms with van der Waals surface area (Å²) in [5.41, 5.74) is 0. The van der Waals surface area contributed by atoms with Crippen LogP contribution in [0.15, 0.2) is 16.7 Å². The topological polar surface area (TPSA) is 62.5 Å². The van der Waals surface area contributed by atoms with Gasteiger partial charge in [0.15, 0.2) is 5.82 Å². The van der Waals surface area contributed by atoms with Crippen LogP contribution in [0.2, 0.25) is 0 Å². The molecule has 3 heterocycles. The second-order valence-electron chi connectivity index (χ2n) is 6.68. The molecule has 6 nitrogen and oxygen atoms in total. The summed E-state index contributed by atoms with van der Waals surface area (Å²) in [6, 6.07) is 4.03. The molecule has 2 fully saturated rings. The summed E-state index contributed by atoms with van der Waals surface area (Å²) in [4.78, 5) is 23.3. The zero-order chi connectivity index (χ0) is 16.7. The Morgan fingerprint density at radius 3 is 2.67 bits per heavy atom. The molecule has 2 aliphatic rings. The van der Waals surface area contributed by atoms with E-state index in [-0.39, 0.29) is 11.9 Å². The van der Waals surface area contributed by atoms with E-state index in [1.54, 1.807) is 11.3 Å². The van der Waals surface area contributed by atoms with Gasteiger partial charge in [-0.05, 0) is 38.8 Å². The highest BCUT2D eigenvalue weighted by molar-refractivity contribution is 7.13. The van der Waals surface area contributed by atoms with Crippen LogP contribution >= 0.6 is 11.3 Å². The molecular formula is C17H22N4O2S. The summed E-state index contributed by atoms with van der Waals surface area (Å²) >= 11 is 1.57. The monoisotopic (exact) mass is 346 g/mol. The first kappa shape index (κ1) is 15.8. The molecule has 4 rings (SSSR count). The van der Waals surface area contributed by atoms with Gasteiger partial charge in [-0.3, -0.25) is 9.69 Å². The van der Waals surface area contributed by atoms with Crippen molar-refractivity contribution in [1.29, 1.82) is 0 Å². The van der Waals surface area contributed by atoms with Gasteiger partial charge in [-0.2, -0.15) is 4.98 Å². The third kappa shape index (κ3) is 3.10. The quantitative estimate of drug-likeness (QED) is 0.852. The van der Waals surface area contributed by atoms with Crippen LogP contribution in [0.3, 0.4) is 0 Å². The van der Waals surface area contributed by atoms with E-state index < -0.39 is 0 Å². The van der Waals surface area contributed by atoms with E-state index in [1.807, 2.05) is 24.0 Å². The molecule has 1 aliphatic heterocycles.